The van der Waals surface area contributed by atoms with Crippen LogP contribution in [0.2, 0.25) is 0 Å². The molecule has 1 saturated heterocycles. The van der Waals surface area contributed by atoms with E-state index in [1.807, 2.05) is 7.98 Å². The number of ether oxygens (including phenoxy) is 2. The molecule has 0 radical (unpaired) electrons. The molecule has 102 valence electrons. The van der Waals surface area contributed by atoms with Gasteiger partial charge in [0.2, 0.25) is 0 Å². The third-order valence-electron chi connectivity index (χ3n) is 3.27. The average Bonchev–Trinajstić information content (AvgIpc) is 2.69. The summed E-state index contributed by atoms with van der Waals surface area (Å²) < 4.78 is 24.1. The van der Waals surface area contributed by atoms with Crippen LogP contribution in [0.25, 0.3) is 0 Å². The first-order chi connectivity index (χ1) is 9.12. The van der Waals surface area contributed by atoms with E-state index < -0.39 is 5.82 Å². The van der Waals surface area contributed by atoms with E-state index in [0.717, 1.165) is 19.0 Å². The molecule has 2 atom stereocenters. The predicted octanol–water partition coefficient (Wildman–Crippen LogP) is 1.24. The first kappa shape index (κ1) is 14.0. The molecule has 1 aromatic carbocycles. The highest BCUT2D eigenvalue weighted by atomic mass is 19.1. The minimum absolute atomic E-state index is 0.0357. The second kappa shape index (κ2) is 6.12. The Balaban J connectivity index is 2.02. The largest absolute Gasteiger partial charge is 0.489 e. The number of hydrogen-bond donors (Lipinski definition) is 0. The Labute approximate surface area is 112 Å². The molecule has 1 aromatic rings. The summed E-state index contributed by atoms with van der Waals surface area (Å²) in [5.41, 5.74) is 0.0368. The molecule has 1 aliphatic heterocycles. The Morgan fingerprint density at radius 1 is 1.53 bits per heavy atom. The molecule has 0 aliphatic carbocycles. The summed E-state index contributed by atoms with van der Waals surface area (Å²) in [6, 6.07) is 4.08. The van der Waals surface area contributed by atoms with Crippen molar-refractivity contribution in [3.63, 3.8) is 0 Å². The van der Waals surface area contributed by atoms with Crippen LogP contribution in [0.3, 0.4) is 0 Å². The molecule has 0 bridgehead atoms. The van der Waals surface area contributed by atoms with Crippen LogP contribution in [0.1, 0.15) is 6.42 Å². The van der Waals surface area contributed by atoms with Gasteiger partial charge in [-0.2, -0.15) is 0 Å². The number of nitroso groups, excluding NO2 is 1. The lowest BCUT2D eigenvalue weighted by Crippen LogP contribution is -2.30. The Bertz CT molecular complexity index is 461. The van der Waals surface area contributed by atoms with Crippen LogP contribution in [0, 0.1) is 10.7 Å². The normalized spacial score (nSPS) is 23.5. The number of rotatable bonds is 5. The Kier molecular flexibility index (Phi) is 4.49. The molecule has 1 fully saturated rings. The maximum absolute atomic E-state index is 13.3. The lowest BCUT2D eigenvalue weighted by atomic mass is 10.2. The SMILES string of the molecule is BN1C[C@H](Oc2cc(F)cc(N=O)c2)C[C@H]1COC. The molecule has 0 unspecified atom stereocenters. The monoisotopic (exact) mass is 266 g/mol. The van der Waals surface area contributed by atoms with Crippen LogP contribution >= 0.6 is 0 Å². The van der Waals surface area contributed by atoms with Crippen LogP contribution in [0.4, 0.5) is 10.1 Å². The minimum Gasteiger partial charge on any atom is -0.489 e. The van der Waals surface area contributed by atoms with Gasteiger partial charge in [-0.05, 0) is 5.18 Å². The van der Waals surface area contributed by atoms with E-state index in [1.54, 1.807) is 7.11 Å². The van der Waals surface area contributed by atoms with Crippen molar-refractivity contribution in [2.24, 2.45) is 5.18 Å². The second-order valence-electron chi connectivity index (χ2n) is 4.76. The van der Waals surface area contributed by atoms with E-state index in [1.165, 1.54) is 12.1 Å². The fraction of sp³-hybridized carbons (Fsp3) is 0.500. The Hall–Kier alpha value is -1.47. The van der Waals surface area contributed by atoms with Crippen molar-refractivity contribution in [3.8, 4) is 5.75 Å². The maximum Gasteiger partial charge on any atom is 0.186 e. The molecule has 2 rings (SSSR count). The van der Waals surface area contributed by atoms with E-state index in [9.17, 15) is 9.30 Å². The lowest BCUT2D eigenvalue weighted by Gasteiger charge is -2.17. The summed E-state index contributed by atoms with van der Waals surface area (Å²) in [5, 5.41) is 2.73. The Morgan fingerprint density at radius 3 is 3.00 bits per heavy atom. The summed E-state index contributed by atoms with van der Waals surface area (Å²) in [6.45, 7) is 1.38. The summed E-state index contributed by atoms with van der Waals surface area (Å²) in [7, 11) is 3.66. The van der Waals surface area contributed by atoms with Gasteiger partial charge in [0.25, 0.3) is 0 Å². The predicted molar refractivity (Wildman–Crippen MR) is 71.8 cm³/mol. The van der Waals surface area contributed by atoms with Gasteiger partial charge in [-0.25, -0.2) is 4.39 Å². The fourth-order valence-electron chi connectivity index (χ4n) is 2.36. The zero-order valence-electron chi connectivity index (χ0n) is 11.0. The third kappa shape index (κ3) is 3.51. The van der Waals surface area contributed by atoms with E-state index >= 15 is 0 Å². The van der Waals surface area contributed by atoms with E-state index in [-0.39, 0.29) is 11.8 Å². The number of nitrogens with zero attached hydrogens (tertiary/aromatic N) is 2. The van der Waals surface area contributed by atoms with Crippen molar-refractivity contribution in [1.29, 1.82) is 0 Å². The van der Waals surface area contributed by atoms with Gasteiger partial charge >= 0.3 is 0 Å². The van der Waals surface area contributed by atoms with Gasteiger partial charge in [0, 0.05) is 44.3 Å². The van der Waals surface area contributed by atoms with E-state index in [0.29, 0.717) is 18.4 Å². The molecule has 1 heterocycles. The van der Waals surface area contributed by atoms with Crippen molar-refractivity contribution in [2.45, 2.75) is 18.6 Å². The summed E-state index contributed by atoms with van der Waals surface area (Å²) in [5.74, 6) is -0.182. The highest BCUT2D eigenvalue weighted by Gasteiger charge is 2.30. The first-order valence-electron chi connectivity index (χ1n) is 6.12. The Morgan fingerprint density at radius 2 is 2.32 bits per heavy atom. The molecule has 19 heavy (non-hydrogen) atoms. The standard InChI is InChI=1S/C12H16BFN2O3/c1-18-7-10-5-12(6-16(10)13)19-11-3-8(14)2-9(4-11)15-17/h2-4,10,12H,5-7,13H2,1H3/t10-,12+/m0/s1. The molecule has 5 nitrogen and oxygen atoms in total. The van der Waals surface area contributed by atoms with Gasteiger partial charge in [0.05, 0.1) is 6.61 Å². The molecule has 0 saturated carbocycles. The van der Waals surface area contributed by atoms with Crippen molar-refractivity contribution < 1.29 is 13.9 Å². The molecule has 0 spiro atoms. The molecular formula is C12H16BFN2O3. The highest BCUT2D eigenvalue weighted by molar-refractivity contribution is 6.04. The minimum atomic E-state index is -0.521. The number of methoxy groups -OCH3 is 1. The van der Waals surface area contributed by atoms with Crippen molar-refractivity contribution in [3.05, 3.63) is 28.9 Å². The lowest BCUT2D eigenvalue weighted by molar-refractivity contribution is 0.148. The summed E-state index contributed by atoms with van der Waals surface area (Å²) in [6.07, 6.45) is 0.775. The molecule has 0 N–H and O–H groups in total. The smallest absolute Gasteiger partial charge is 0.186 e. The van der Waals surface area contributed by atoms with Crippen molar-refractivity contribution in [1.82, 2.24) is 4.81 Å². The zero-order chi connectivity index (χ0) is 13.8. The summed E-state index contributed by atoms with van der Waals surface area (Å²) >= 11 is 0. The van der Waals surface area contributed by atoms with Crippen LogP contribution in [-0.2, 0) is 4.74 Å². The zero-order valence-corrected chi connectivity index (χ0v) is 11.0. The maximum atomic E-state index is 13.3. The highest BCUT2D eigenvalue weighted by Crippen LogP contribution is 2.26. The van der Waals surface area contributed by atoms with E-state index in [4.69, 9.17) is 9.47 Å². The summed E-state index contributed by atoms with van der Waals surface area (Å²) in [4.78, 5) is 12.6. The van der Waals surface area contributed by atoms with Gasteiger partial charge < -0.3 is 14.3 Å². The van der Waals surface area contributed by atoms with Crippen LogP contribution in [0.15, 0.2) is 23.4 Å². The van der Waals surface area contributed by atoms with Gasteiger partial charge in [0.1, 0.15) is 23.4 Å². The second-order valence-corrected chi connectivity index (χ2v) is 4.76. The molecule has 7 heteroatoms. The molecule has 0 amide bonds. The number of benzene rings is 1. The van der Waals surface area contributed by atoms with Gasteiger partial charge in [0.15, 0.2) is 7.98 Å². The van der Waals surface area contributed by atoms with Gasteiger partial charge in [-0.15, -0.1) is 4.91 Å². The van der Waals surface area contributed by atoms with Crippen molar-refractivity contribution in [2.75, 3.05) is 20.3 Å². The number of hydrogen-bond acceptors (Lipinski definition) is 5. The van der Waals surface area contributed by atoms with Gasteiger partial charge in [-0.1, -0.05) is 0 Å². The first-order valence-corrected chi connectivity index (χ1v) is 6.12. The molecule has 1 aliphatic rings. The fourth-order valence-corrected chi connectivity index (χ4v) is 2.36. The van der Waals surface area contributed by atoms with Crippen LogP contribution in [-0.4, -0.2) is 45.2 Å². The molecule has 0 aromatic heterocycles. The quantitative estimate of drug-likeness (QED) is 0.594. The van der Waals surface area contributed by atoms with Crippen LogP contribution in [0.5, 0.6) is 5.75 Å². The van der Waals surface area contributed by atoms with E-state index in [2.05, 4.69) is 9.99 Å². The topological polar surface area (TPSA) is 51.1 Å². The molecular weight excluding hydrogens is 250 g/mol. The van der Waals surface area contributed by atoms with Crippen LogP contribution < -0.4 is 4.74 Å². The average molecular weight is 266 g/mol. The number of halogens is 1. The van der Waals surface area contributed by atoms with Gasteiger partial charge in [-0.3, -0.25) is 0 Å². The van der Waals surface area contributed by atoms with Crippen molar-refractivity contribution >= 4 is 13.7 Å². The third-order valence-corrected chi connectivity index (χ3v) is 3.27.